The van der Waals surface area contributed by atoms with Gasteiger partial charge in [-0.2, -0.15) is 0 Å². The highest BCUT2D eigenvalue weighted by Crippen LogP contribution is 2.44. The molecule has 10 heteroatoms. The molecule has 10 nitrogen and oxygen atoms in total. The van der Waals surface area contributed by atoms with Crippen molar-refractivity contribution in [1.82, 2.24) is 25.3 Å². The fourth-order valence-electron chi connectivity index (χ4n) is 4.24. The summed E-state index contributed by atoms with van der Waals surface area (Å²) in [6.07, 6.45) is 0. The van der Waals surface area contributed by atoms with Crippen molar-refractivity contribution in [3.63, 3.8) is 0 Å². The van der Waals surface area contributed by atoms with Gasteiger partial charge in [-0.15, -0.1) is 9.78 Å². The van der Waals surface area contributed by atoms with Crippen molar-refractivity contribution in [2.45, 2.75) is 26.9 Å². The highest BCUT2D eigenvalue weighted by atomic mass is 16.5. The highest BCUT2D eigenvalue weighted by molar-refractivity contribution is 5.98. The molecule has 172 valence electrons. The molecule has 5 rings (SSSR count). The number of ether oxygens (including phenoxy) is 2. The number of hydrogen-bond donors (Lipinski definition) is 1. The molecule has 0 amide bonds. The number of hydrogen-bond acceptors (Lipinski definition) is 7. The smallest absolute Gasteiger partial charge is 0.350 e. The molecule has 0 saturated carbocycles. The van der Waals surface area contributed by atoms with Crippen LogP contribution < -0.4 is 4.68 Å². The second-order valence-corrected chi connectivity index (χ2v) is 7.64. The van der Waals surface area contributed by atoms with Crippen LogP contribution in [-0.2, 0) is 32.2 Å². The molecular weight excluding hydrogens is 436 g/mol. The Morgan fingerprint density at radius 2 is 1.50 bits per heavy atom. The summed E-state index contributed by atoms with van der Waals surface area (Å²) in [5.41, 5.74) is 6.00. The summed E-state index contributed by atoms with van der Waals surface area (Å²) in [5.74, 6) is -0.772. The minimum atomic E-state index is -0.399. The Hall–Kier alpha value is -4.34. The largest absolute Gasteiger partial charge is 0.465 e. The number of nitrogens with zero attached hydrogens (tertiary/aromatic N) is 5. The van der Waals surface area contributed by atoms with Crippen LogP contribution in [0.4, 0.5) is 0 Å². The molecule has 2 aromatic heterocycles. The number of H-pyrrole nitrogens is 1. The summed E-state index contributed by atoms with van der Waals surface area (Å²) in [6, 6.07) is 15.4. The molecule has 1 N–H and O–H groups in total. The highest BCUT2D eigenvalue weighted by Gasteiger charge is 2.35. The van der Waals surface area contributed by atoms with Crippen molar-refractivity contribution in [3.05, 3.63) is 48.5 Å². The summed E-state index contributed by atoms with van der Waals surface area (Å²) < 4.78 is 13.6. The van der Waals surface area contributed by atoms with Gasteiger partial charge in [-0.3, -0.25) is 4.79 Å². The molecule has 0 bridgehead atoms. The second-order valence-electron chi connectivity index (χ2n) is 7.64. The maximum absolute atomic E-state index is 12.3. The SMILES string of the molecule is CCOC(=O)Cn1nnc2c1-c1ccccc1-c1c(n[nH][n+]1CC(=O)OCC)-c1ccccc1-2. The summed E-state index contributed by atoms with van der Waals surface area (Å²) >= 11 is 0. The molecule has 0 atom stereocenters. The lowest BCUT2D eigenvalue weighted by Gasteiger charge is -2.15. The molecule has 2 heterocycles. The predicted octanol–water partition coefficient (Wildman–Crippen LogP) is 2.40. The Balaban J connectivity index is 1.77. The van der Waals surface area contributed by atoms with E-state index in [0.29, 0.717) is 17.1 Å². The third kappa shape index (κ3) is 3.62. The molecule has 4 aromatic rings. The number of fused-ring (bicyclic) bond motifs is 8. The van der Waals surface area contributed by atoms with E-state index >= 15 is 0 Å². The van der Waals surface area contributed by atoms with Gasteiger partial charge in [-0.25, -0.2) is 9.48 Å². The van der Waals surface area contributed by atoms with E-state index in [1.165, 1.54) is 0 Å². The van der Waals surface area contributed by atoms with Crippen molar-refractivity contribution >= 4 is 11.9 Å². The molecular formula is C24H23N6O4+. The van der Waals surface area contributed by atoms with Gasteiger partial charge in [0.2, 0.25) is 12.2 Å². The predicted molar refractivity (Wildman–Crippen MR) is 121 cm³/mol. The molecule has 0 unspecified atom stereocenters. The zero-order valence-electron chi connectivity index (χ0n) is 18.8. The van der Waals surface area contributed by atoms with Gasteiger partial charge in [-0.05, 0) is 26.0 Å². The number of esters is 2. The zero-order chi connectivity index (χ0) is 23.7. The number of aromatic nitrogens is 6. The summed E-state index contributed by atoms with van der Waals surface area (Å²) in [7, 11) is 0. The van der Waals surface area contributed by atoms with Gasteiger partial charge < -0.3 is 9.47 Å². The first-order chi connectivity index (χ1) is 16.6. The molecule has 34 heavy (non-hydrogen) atoms. The van der Waals surface area contributed by atoms with Crippen LogP contribution in [0.15, 0.2) is 48.5 Å². The van der Waals surface area contributed by atoms with Crippen molar-refractivity contribution < 1.29 is 23.7 Å². The Kier molecular flexibility index (Phi) is 5.62. The Labute approximate surface area is 195 Å². The lowest BCUT2D eigenvalue weighted by molar-refractivity contribution is -0.733. The fourth-order valence-corrected chi connectivity index (χ4v) is 4.24. The van der Waals surface area contributed by atoms with Gasteiger partial charge >= 0.3 is 11.9 Å². The van der Waals surface area contributed by atoms with Gasteiger partial charge in [0.05, 0.1) is 18.9 Å². The number of nitrogens with one attached hydrogen (secondary N) is 1. The van der Waals surface area contributed by atoms with Crippen LogP contribution in [0.2, 0.25) is 0 Å². The molecule has 2 aromatic carbocycles. The average molecular weight is 459 g/mol. The molecule has 0 spiro atoms. The van der Waals surface area contributed by atoms with Crippen molar-refractivity contribution in [2.24, 2.45) is 0 Å². The Morgan fingerprint density at radius 1 is 0.882 bits per heavy atom. The third-order valence-electron chi connectivity index (χ3n) is 5.56. The summed E-state index contributed by atoms with van der Waals surface area (Å²) in [5, 5.41) is 16.3. The molecule has 0 aliphatic heterocycles. The van der Waals surface area contributed by atoms with Crippen LogP contribution >= 0.6 is 0 Å². The molecule has 0 fully saturated rings. The number of carbonyl (C=O) groups excluding carboxylic acids is 2. The van der Waals surface area contributed by atoms with Crippen molar-refractivity contribution in [1.29, 1.82) is 0 Å². The van der Waals surface area contributed by atoms with E-state index in [1.54, 1.807) is 23.2 Å². The molecule has 0 radical (unpaired) electrons. The van der Waals surface area contributed by atoms with Gasteiger partial charge in [-0.1, -0.05) is 46.8 Å². The second kappa shape index (κ2) is 8.89. The van der Waals surface area contributed by atoms with E-state index in [-0.39, 0.29) is 32.3 Å². The number of benzene rings is 2. The lowest BCUT2D eigenvalue weighted by Crippen LogP contribution is -2.42. The van der Waals surface area contributed by atoms with E-state index in [4.69, 9.17) is 9.47 Å². The first-order valence-electron chi connectivity index (χ1n) is 11.0. The minimum Gasteiger partial charge on any atom is -0.465 e. The zero-order valence-corrected chi connectivity index (χ0v) is 18.8. The van der Waals surface area contributed by atoms with E-state index in [2.05, 4.69) is 20.6 Å². The van der Waals surface area contributed by atoms with E-state index in [0.717, 1.165) is 27.9 Å². The topological polar surface area (TPSA) is 116 Å². The van der Waals surface area contributed by atoms with E-state index < -0.39 is 5.97 Å². The monoisotopic (exact) mass is 459 g/mol. The van der Waals surface area contributed by atoms with Gasteiger partial charge in [0.1, 0.15) is 12.2 Å². The van der Waals surface area contributed by atoms with Crippen LogP contribution in [-0.4, -0.2) is 50.5 Å². The normalized spacial score (nSPS) is 11.4. The molecule has 1 aliphatic carbocycles. The van der Waals surface area contributed by atoms with Crippen molar-refractivity contribution in [2.75, 3.05) is 13.2 Å². The van der Waals surface area contributed by atoms with Crippen molar-refractivity contribution in [3.8, 4) is 45.0 Å². The standard InChI is InChI=1S/C24H22N6O4/c1-3-33-19(31)13-29-23-17-11-7-8-12-18(17)24-22(26-28-30(24)14-20(32)34-4-2)16-10-6-5-9-15(16)21(23)25-27-29/h5-12H,3-4,13-14H2,1-2H3/p+1. The van der Waals surface area contributed by atoms with E-state index in [9.17, 15) is 9.59 Å². The van der Waals surface area contributed by atoms with Crippen LogP contribution in [0.1, 0.15) is 13.8 Å². The lowest BCUT2D eigenvalue weighted by atomic mass is 9.89. The first-order valence-corrected chi connectivity index (χ1v) is 11.0. The average Bonchev–Trinajstić information content (AvgIpc) is 3.42. The number of aromatic amines is 1. The quantitative estimate of drug-likeness (QED) is 0.306. The summed E-state index contributed by atoms with van der Waals surface area (Å²) in [4.78, 5) is 24.7. The fraction of sp³-hybridized carbons (Fsp3) is 0.250. The van der Waals surface area contributed by atoms with Crippen LogP contribution in [0.25, 0.3) is 45.0 Å². The maximum Gasteiger partial charge on any atom is 0.350 e. The number of carbonyl (C=O) groups is 2. The maximum atomic E-state index is 12.3. The first kappa shape index (κ1) is 21.5. The van der Waals surface area contributed by atoms with Crippen LogP contribution in [0.5, 0.6) is 0 Å². The minimum absolute atomic E-state index is 0.0279. The Morgan fingerprint density at radius 3 is 2.21 bits per heavy atom. The van der Waals surface area contributed by atoms with E-state index in [1.807, 2.05) is 48.5 Å². The molecule has 1 aliphatic rings. The van der Waals surface area contributed by atoms with Crippen LogP contribution in [0, 0.1) is 0 Å². The number of rotatable bonds is 6. The molecule has 0 saturated heterocycles. The van der Waals surface area contributed by atoms with Gasteiger partial charge in [0.25, 0.3) is 5.69 Å². The van der Waals surface area contributed by atoms with Gasteiger partial charge in [0, 0.05) is 27.4 Å². The van der Waals surface area contributed by atoms with Crippen LogP contribution in [0.3, 0.4) is 0 Å². The van der Waals surface area contributed by atoms with Gasteiger partial charge in [0.15, 0.2) is 0 Å². The summed E-state index contributed by atoms with van der Waals surface area (Å²) in [6.45, 7) is 4.00. The Bertz CT molecular complexity index is 1290. The third-order valence-corrected chi connectivity index (χ3v) is 5.56.